The molecule has 2 aromatic rings. The van der Waals surface area contributed by atoms with Gasteiger partial charge in [0, 0.05) is 41.0 Å². The summed E-state index contributed by atoms with van der Waals surface area (Å²) in [5.41, 5.74) is 6.62. The zero-order valence-corrected chi connectivity index (χ0v) is 21.2. The molecule has 4 rings (SSSR count). The van der Waals surface area contributed by atoms with Gasteiger partial charge in [0.2, 0.25) is 11.5 Å². The summed E-state index contributed by atoms with van der Waals surface area (Å²) in [4.78, 5) is 52.0. The Hall–Kier alpha value is -3.61. The van der Waals surface area contributed by atoms with Gasteiger partial charge in [-0.25, -0.2) is 4.79 Å². The van der Waals surface area contributed by atoms with Crippen LogP contribution in [0.5, 0.6) is 0 Å². The maximum Gasteiger partial charge on any atom is 0.352 e. The number of carboxylic acids is 1. The summed E-state index contributed by atoms with van der Waals surface area (Å²) in [6.45, 7) is 1.89. The van der Waals surface area contributed by atoms with E-state index in [0.717, 1.165) is 17.1 Å². The zero-order chi connectivity index (χ0) is 25.7. The lowest BCUT2D eigenvalue weighted by Gasteiger charge is -2.49. The number of hydrogen-bond donors (Lipinski definition) is 3. The van der Waals surface area contributed by atoms with Crippen molar-refractivity contribution < 1.29 is 24.3 Å². The lowest BCUT2D eigenvalue weighted by molar-refractivity contribution is -0.150. The third kappa shape index (κ3) is 5.45. The molecular formula is C21H19N7O5S3. The number of aromatic nitrogens is 3. The summed E-state index contributed by atoms with van der Waals surface area (Å²) in [5, 5.41) is 18.7. The van der Waals surface area contributed by atoms with E-state index in [1.165, 1.54) is 28.4 Å². The molecule has 0 aliphatic carbocycles. The fourth-order valence-corrected chi connectivity index (χ4v) is 5.89. The standard InChI is InChI=1S/C21H19N7O5S3/c1-2-33-26-13(16-25-21(22)36-27-16)17(29)24-14-18(30)28-15(20(31)32)12(10-35-19(14)28)9-34-7-5-11-4-3-6-23-8-11/h3-4,6,8,14,19H,2,9-10H2,1H3,(H,24,29)(H,31,32)(H2,22,25,27)/b26-13+/t14?,19-/m1/s1. The Kier molecular flexibility index (Phi) is 8.08. The monoisotopic (exact) mass is 545 g/mol. The Morgan fingerprint density at radius 3 is 2.97 bits per heavy atom. The highest BCUT2D eigenvalue weighted by atomic mass is 32.2. The SMILES string of the molecule is CCO/N=C(/C(=O)NC1C(=O)N2C(C(=O)O)=C(CSC#Cc3cccnc3)CS[C@H]12)c1nsc(N)n1. The number of anilines is 1. The molecule has 12 nitrogen and oxygen atoms in total. The number of hydrogen-bond acceptors (Lipinski definition) is 12. The topological polar surface area (TPSA) is 173 Å². The van der Waals surface area contributed by atoms with Crippen molar-refractivity contribution in [3.63, 3.8) is 0 Å². The van der Waals surface area contributed by atoms with E-state index in [4.69, 9.17) is 10.6 Å². The summed E-state index contributed by atoms with van der Waals surface area (Å²) in [5.74, 6) is 1.13. The lowest BCUT2D eigenvalue weighted by atomic mass is 10.0. The molecule has 0 bridgehead atoms. The quantitative estimate of drug-likeness (QED) is 0.185. The molecule has 2 aliphatic heterocycles. The van der Waals surface area contributed by atoms with E-state index in [-0.39, 0.29) is 29.0 Å². The molecule has 0 aromatic carbocycles. The van der Waals surface area contributed by atoms with Gasteiger partial charge < -0.3 is 21.0 Å². The Morgan fingerprint density at radius 1 is 1.47 bits per heavy atom. The summed E-state index contributed by atoms with van der Waals surface area (Å²) in [6.07, 6.45) is 3.28. The molecule has 4 N–H and O–H groups in total. The van der Waals surface area contributed by atoms with Crippen LogP contribution >= 0.6 is 35.1 Å². The zero-order valence-electron chi connectivity index (χ0n) is 18.7. The molecule has 2 aromatic heterocycles. The van der Waals surface area contributed by atoms with Crippen LogP contribution in [0.25, 0.3) is 0 Å². The van der Waals surface area contributed by atoms with E-state index >= 15 is 0 Å². The number of aliphatic carboxylic acids is 1. The molecule has 1 unspecified atom stereocenters. The van der Waals surface area contributed by atoms with Crippen molar-refractivity contribution in [1.29, 1.82) is 0 Å². The number of oxime groups is 1. The van der Waals surface area contributed by atoms with E-state index in [0.29, 0.717) is 17.1 Å². The van der Waals surface area contributed by atoms with Gasteiger partial charge >= 0.3 is 5.97 Å². The Morgan fingerprint density at radius 2 is 2.31 bits per heavy atom. The van der Waals surface area contributed by atoms with Crippen LogP contribution in [0.15, 0.2) is 41.0 Å². The first-order chi connectivity index (χ1) is 17.4. The molecule has 2 aliphatic rings. The van der Waals surface area contributed by atoms with Crippen molar-refractivity contribution in [2.24, 2.45) is 5.16 Å². The van der Waals surface area contributed by atoms with Gasteiger partial charge in [0.25, 0.3) is 11.8 Å². The number of rotatable bonds is 8. The Bertz CT molecular complexity index is 1300. The van der Waals surface area contributed by atoms with Crippen molar-refractivity contribution in [3.05, 3.63) is 47.2 Å². The number of carboxylic acid groups (broad SMARTS) is 1. The molecular weight excluding hydrogens is 526 g/mol. The first-order valence-electron chi connectivity index (χ1n) is 10.4. The molecule has 1 fully saturated rings. The minimum atomic E-state index is -1.21. The smallest absolute Gasteiger partial charge is 0.352 e. The van der Waals surface area contributed by atoms with Gasteiger partial charge in [0.1, 0.15) is 23.7 Å². The molecule has 36 heavy (non-hydrogen) atoms. The summed E-state index contributed by atoms with van der Waals surface area (Å²) in [7, 11) is 0. The average molecular weight is 546 g/mol. The van der Waals surface area contributed by atoms with Crippen molar-refractivity contribution in [2.75, 3.05) is 23.8 Å². The van der Waals surface area contributed by atoms with E-state index in [2.05, 4.69) is 36.0 Å². The van der Waals surface area contributed by atoms with Crippen molar-refractivity contribution >= 4 is 63.7 Å². The molecule has 0 radical (unpaired) electrons. The van der Waals surface area contributed by atoms with Crippen LogP contribution in [0.3, 0.4) is 0 Å². The molecule has 4 heterocycles. The maximum absolute atomic E-state index is 12.9. The second-order valence-electron chi connectivity index (χ2n) is 7.19. The molecule has 186 valence electrons. The largest absolute Gasteiger partial charge is 0.477 e. The second kappa shape index (κ2) is 11.4. The van der Waals surface area contributed by atoms with Crippen LogP contribution < -0.4 is 11.1 Å². The van der Waals surface area contributed by atoms with Crippen LogP contribution in [0, 0.1) is 11.2 Å². The van der Waals surface area contributed by atoms with Gasteiger partial charge in [-0.05, 0) is 29.9 Å². The van der Waals surface area contributed by atoms with E-state index in [1.54, 1.807) is 25.4 Å². The summed E-state index contributed by atoms with van der Waals surface area (Å²) < 4.78 is 3.97. The number of nitrogens with one attached hydrogen (secondary N) is 1. The number of nitrogens with zero attached hydrogens (tertiary/aromatic N) is 5. The van der Waals surface area contributed by atoms with Crippen molar-refractivity contribution in [2.45, 2.75) is 18.3 Å². The number of amides is 2. The number of fused-ring (bicyclic) bond motifs is 1. The predicted octanol–water partition coefficient (Wildman–Crippen LogP) is 0.737. The first kappa shape index (κ1) is 25.5. The fourth-order valence-electron chi connectivity index (χ4n) is 3.30. The second-order valence-corrected chi connectivity index (χ2v) is 9.86. The predicted molar refractivity (Wildman–Crippen MR) is 136 cm³/mol. The van der Waals surface area contributed by atoms with Crippen LogP contribution in [-0.2, 0) is 19.2 Å². The van der Waals surface area contributed by atoms with Gasteiger partial charge in [0.15, 0.2) is 5.13 Å². The van der Waals surface area contributed by atoms with Crippen LogP contribution in [0.1, 0.15) is 18.3 Å². The number of nitrogens with two attached hydrogens (primary N) is 1. The number of β-lactam (4-membered cyclic amide) rings is 1. The Balaban J connectivity index is 1.45. The molecule has 15 heteroatoms. The van der Waals surface area contributed by atoms with Gasteiger partial charge in [-0.3, -0.25) is 19.5 Å². The van der Waals surface area contributed by atoms with Gasteiger partial charge in [-0.1, -0.05) is 22.8 Å². The highest BCUT2D eigenvalue weighted by molar-refractivity contribution is 8.04. The molecule has 2 atom stereocenters. The average Bonchev–Trinajstić information content (AvgIpc) is 3.31. The lowest BCUT2D eigenvalue weighted by Crippen LogP contribution is -2.71. The number of carbonyl (C=O) groups excluding carboxylic acids is 2. The van der Waals surface area contributed by atoms with Crippen molar-refractivity contribution in [3.8, 4) is 11.2 Å². The van der Waals surface area contributed by atoms with Crippen molar-refractivity contribution in [1.82, 2.24) is 24.6 Å². The number of thioether (sulfide) groups is 2. The number of pyridine rings is 1. The highest BCUT2D eigenvalue weighted by Gasteiger charge is 2.54. The first-order valence-corrected chi connectivity index (χ1v) is 13.2. The van der Waals surface area contributed by atoms with E-state index in [1.807, 2.05) is 6.07 Å². The molecule has 1 saturated heterocycles. The number of carbonyl (C=O) groups is 3. The molecule has 2 amide bonds. The van der Waals surface area contributed by atoms with Crippen LogP contribution in [0.4, 0.5) is 5.13 Å². The summed E-state index contributed by atoms with van der Waals surface area (Å²) in [6, 6.07) is 2.65. The summed E-state index contributed by atoms with van der Waals surface area (Å²) >= 11 is 3.49. The third-order valence-electron chi connectivity index (χ3n) is 4.87. The normalized spacial score (nSPS) is 19.1. The minimum Gasteiger partial charge on any atom is -0.477 e. The fraction of sp³-hybridized carbons (Fsp3) is 0.286. The van der Waals surface area contributed by atoms with E-state index in [9.17, 15) is 19.5 Å². The third-order valence-corrected chi connectivity index (χ3v) is 7.49. The Labute approximate surface area is 217 Å². The maximum atomic E-state index is 12.9. The molecule has 0 saturated carbocycles. The highest BCUT2D eigenvalue weighted by Crippen LogP contribution is 2.41. The van der Waals surface area contributed by atoms with Gasteiger partial charge in [-0.2, -0.15) is 9.36 Å². The van der Waals surface area contributed by atoms with Crippen LogP contribution in [-0.4, -0.2) is 77.4 Å². The molecule has 0 spiro atoms. The van der Waals surface area contributed by atoms with Gasteiger partial charge in [-0.15, -0.1) is 11.8 Å². The number of nitrogen functional groups attached to an aromatic ring is 1. The van der Waals surface area contributed by atoms with Crippen LogP contribution in [0.2, 0.25) is 0 Å². The van der Waals surface area contributed by atoms with E-state index < -0.39 is 29.2 Å². The minimum absolute atomic E-state index is 0.0267. The van der Waals surface area contributed by atoms with Gasteiger partial charge in [0.05, 0.1) is 0 Å².